The first-order valence-corrected chi connectivity index (χ1v) is 7.83. The zero-order chi connectivity index (χ0) is 14.0. The normalized spacial score (nSPS) is 24.2. The van der Waals surface area contributed by atoms with E-state index >= 15 is 0 Å². The third-order valence-corrected chi connectivity index (χ3v) is 5.57. The second-order valence-corrected chi connectivity index (χ2v) is 7.05. The van der Waals surface area contributed by atoms with Gasteiger partial charge in [0.25, 0.3) is 0 Å². The Morgan fingerprint density at radius 3 is 2.63 bits per heavy atom. The number of carboxylic acid groups (broad SMARTS) is 1. The molecule has 2 rings (SSSR count). The standard InChI is InChI=1S/C15H23NO2S/c1-4-12-5-6-13(19-12)9-16-8-7-15(10-16,11(2)3)14(17)18/h5-6,11H,4,7-10H2,1-3H3,(H,17,18). The van der Waals surface area contributed by atoms with Crippen LogP contribution >= 0.6 is 11.3 Å². The molecule has 2 heterocycles. The van der Waals surface area contributed by atoms with Crippen LogP contribution in [0.15, 0.2) is 12.1 Å². The van der Waals surface area contributed by atoms with Crippen molar-refractivity contribution in [3.63, 3.8) is 0 Å². The van der Waals surface area contributed by atoms with Crippen molar-refractivity contribution in [1.82, 2.24) is 4.90 Å². The van der Waals surface area contributed by atoms with Gasteiger partial charge >= 0.3 is 5.97 Å². The molecule has 3 nitrogen and oxygen atoms in total. The number of nitrogens with zero attached hydrogens (tertiary/aromatic N) is 1. The lowest BCUT2D eigenvalue weighted by molar-refractivity contribution is -0.151. The van der Waals surface area contributed by atoms with Gasteiger partial charge in [-0.3, -0.25) is 9.69 Å². The number of thiophene rings is 1. The summed E-state index contributed by atoms with van der Waals surface area (Å²) < 4.78 is 0. The van der Waals surface area contributed by atoms with Crippen LogP contribution in [0.5, 0.6) is 0 Å². The predicted molar refractivity (Wildman–Crippen MR) is 78.5 cm³/mol. The number of rotatable bonds is 5. The van der Waals surface area contributed by atoms with Crippen LogP contribution in [-0.4, -0.2) is 29.1 Å². The summed E-state index contributed by atoms with van der Waals surface area (Å²) in [5, 5.41) is 9.54. The van der Waals surface area contributed by atoms with E-state index < -0.39 is 11.4 Å². The summed E-state index contributed by atoms with van der Waals surface area (Å²) in [4.78, 5) is 16.6. The molecule has 0 radical (unpaired) electrons. The summed E-state index contributed by atoms with van der Waals surface area (Å²) in [6.07, 6.45) is 1.85. The van der Waals surface area contributed by atoms with Crippen LogP contribution in [0.1, 0.15) is 36.9 Å². The number of hydrogen-bond acceptors (Lipinski definition) is 3. The first-order valence-electron chi connectivity index (χ1n) is 7.01. The predicted octanol–water partition coefficient (Wildman–Crippen LogP) is 3.24. The first-order chi connectivity index (χ1) is 8.98. The smallest absolute Gasteiger partial charge is 0.311 e. The molecule has 1 aromatic rings. The number of hydrogen-bond donors (Lipinski definition) is 1. The van der Waals surface area contributed by atoms with Crippen LogP contribution in [0.4, 0.5) is 0 Å². The molecule has 0 bridgehead atoms. The van der Waals surface area contributed by atoms with Crippen LogP contribution in [0.2, 0.25) is 0 Å². The fraction of sp³-hybridized carbons (Fsp3) is 0.667. The fourth-order valence-corrected chi connectivity index (χ4v) is 3.86. The summed E-state index contributed by atoms with van der Waals surface area (Å²) in [5.74, 6) is -0.449. The number of aryl methyl sites for hydroxylation is 1. The highest BCUT2D eigenvalue weighted by atomic mass is 32.1. The minimum absolute atomic E-state index is 0.185. The molecule has 0 aliphatic carbocycles. The molecule has 0 aromatic carbocycles. The van der Waals surface area contributed by atoms with Gasteiger partial charge < -0.3 is 5.11 Å². The number of likely N-dealkylation sites (tertiary alicyclic amines) is 1. The molecule has 0 amide bonds. The Morgan fingerprint density at radius 1 is 1.47 bits per heavy atom. The third kappa shape index (κ3) is 2.84. The van der Waals surface area contributed by atoms with Gasteiger partial charge in [-0.15, -0.1) is 11.3 Å². The fourth-order valence-electron chi connectivity index (χ4n) is 2.86. The molecule has 1 fully saturated rings. The number of carbonyl (C=O) groups is 1. The van der Waals surface area contributed by atoms with Crippen molar-refractivity contribution in [2.45, 2.75) is 40.2 Å². The van der Waals surface area contributed by atoms with Gasteiger partial charge in [0, 0.05) is 22.8 Å². The summed E-state index contributed by atoms with van der Waals surface area (Å²) in [6.45, 7) is 8.69. The van der Waals surface area contributed by atoms with Crippen molar-refractivity contribution in [3.8, 4) is 0 Å². The van der Waals surface area contributed by atoms with E-state index in [1.807, 2.05) is 25.2 Å². The van der Waals surface area contributed by atoms with Crippen LogP contribution in [-0.2, 0) is 17.8 Å². The highest BCUT2D eigenvalue weighted by molar-refractivity contribution is 7.11. The van der Waals surface area contributed by atoms with Crippen molar-refractivity contribution in [2.24, 2.45) is 11.3 Å². The van der Waals surface area contributed by atoms with Gasteiger partial charge in [-0.2, -0.15) is 0 Å². The molecule has 0 spiro atoms. The Labute approximate surface area is 119 Å². The van der Waals surface area contributed by atoms with Crippen molar-refractivity contribution in [3.05, 3.63) is 21.9 Å². The van der Waals surface area contributed by atoms with Crippen LogP contribution in [0.25, 0.3) is 0 Å². The molecule has 1 saturated heterocycles. The monoisotopic (exact) mass is 281 g/mol. The van der Waals surface area contributed by atoms with E-state index in [2.05, 4.69) is 24.0 Å². The quantitative estimate of drug-likeness (QED) is 0.900. The molecule has 1 aliphatic heterocycles. The Hall–Kier alpha value is -0.870. The average molecular weight is 281 g/mol. The van der Waals surface area contributed by atoms with Crippen molar-refractivity contribution < 1.29 is 9.90 Å². The lowest BCUT2D eigenvalue weighted by atomic mass is 9.76. The maximum absolute atomic E-state index is 11.6. The van der Waals surface area contributed by atoms with Gasteiger partial charge in [0.15, 0.2) is 0 Å². The van der Waals surface area contributed by atoms with Gasteiger partial charge in [0.1, 0.15) is 0 Å². The molecular weight excluding hydrogens is 258 g/mol. The van der Waals surface area contributed by atoms with E-state index in [9.17, 15) is 9.90 Å². The van der Waals surface area contributed by atoms with E-state index in [0.717, 1.165) is 25.9 Å². The van der Waals surface area contributed by atoms with E-state index in [1.165, 1.54) is 9.75 Å². The SMILES string of the molecule is CCc1ccc(CN2CCC(C(=O)O)(C(C)C)C2)s1. The van der Waals surface area contributed by atoms with E-state index in [0.29, 0.717) is 6.54 Å². The molecule has 106 valence electrons. The molecule has 1 aliphatic rings. The molecule has 4 heteroatoms. The molecule has 1 unspecified atom stereocenters. The zero-order valence-electron chi connectivity index (χ0n) is 12.0. The van der Waals surface area contributed by atoms with Gasteiger partial charge in [0.2, 0.25) is 0 Å². The largest absolute Gasteiger partial charge is 0.481 e. The summed E-state index contributed by atoms with van der Waals surface area (Å²) in [6, 6.07) is 4.36. The van der Waals surface area contributed by atoms with Crippen LogP contribution in [0, 0.1) is 11.3 Å². The Kier molecular flexibility index (Phi) is 4.31. The van der Waals surface area contributed by atoms with E-state index in [4.69, 9.17) is 0 Å². The summed E-state index contributed by atoms with van der Waals surface area (Å²) in [7, 11) is 0. The number of carboxylic acids is 1. The van der Waals surface area contributed by atoms with Gasteiger partial charge in [-0.05, 0) is 37.4 Å². The second kappa shape index (κ2) is 5.63. The maximum atomic E-state index is 11.6. The lowest BCUT2D eigenvalue weighted by Gasteiger charge is -2.28. The highest BCUT2D eigenvalue weighted by Gasteiger charge is 2.47. The second-order valence-electron chi connectivity index (χ2n) is 5.80. The van der Waals surface area contributed by atoms with Crippen molar-refractivity contribution in [2.75, 3.05) is 13.1 Å². The van der Waals surface area contributed by atoms with Gasteiger partial charge in [-0.1, -0.05) is 20.8 Å². The first kappa shape index (κ1) is 14.5. The summed E-state index contributed by atoms with van der Waals surface area (Å²) >= 11 is 1.85. The van der Waals surface area contributed by atoms with Gasteiger partial charge in [-0.25, -0.2) is 0 Å². The number of aliphatic carboxylic acids is 1. The Bertz CT molecular complexity index is 455. The lowest BCUT2D eigenvalue weighted by Crippen LogP contribution is -2.39. The Morgan fingerprint density at radius 2 is 2.16 bits per heavy atom. The van der Waals surface area contributed by atoms with Crippen LogP contribution in [0.3, 0.4) is 0 Å². The summed E-state index contributed by atoms with van der Waals surface area (Å²) in [5.41, 5.74) is -0.551. The highest BCUT2D eigenvalue weighted by Crippen LogP contribution is 2.39. The molecule has 19 heavy (non-hydrogen) atoms. The minimum atomic E-state index is -0.634. The van der Waals surface area contributed by atoms with E-state index in [-0.39, 0.29) is 5.92 Å². The third-order valence-electron chi connectivity index (χ3n) is 4.36. The molecule has 1 aromatic heterocycles. The minimum Gasteiger partial charge on any atom is -0.481 e. The van der Waals surface area contributed by atoms with Crippen molar-refractivity contribution in [1.29, 1.82) is 0 Å². The molecular formula is C15H23NO2S. The van der Waals surface area contributed by atoms with Crippen LogP contribution < -0.4 is 0 Å². The van der Waals surface area contributed by atoms with Crippen molar-refractivity contribution >= 4 is 17.3 Å². The zero-order valence-corrected chi connectivity index (χ0v) is 12.8. The maximum Gasteiger partial charge on any atom is 0.311 e. The molecule has 0 saturated carbocycles. The van der Waals surface area contributed by atoms with Gasteiger partial charge in [0.05, 0.1) is 5.41 Å². The molecule has 1 N–H and O–H groups in total. The average Bonchev–Trinajstić information content (AvgIpc) is 2.96. The van der Waals surface area contributed by atoms with E-state index in [1.54, 1.807) is 0 Å². The Balaban J connectivity index is 2.03. The topological polar surface area (TPSA) is 40.5 Å². The molecule has 1 atom stereocenters.